The zero-order valence-electron chi connectivity index (χ0n) is 14.8. The van der Waals surface area contributed by atoms with E-state index in [2.05, 4.69) is 48.3 Å². The molecule has 3 fully saturated rings. The molecule has 2 heterocycles. The third-order valence-electron chi connectivity index (χ3n) is 6.34. The van der Waals surface area contributed by atoms with Gasteiger partial charge in [-0.05, 0) is 62.7 Å². The van der Waals surface area contributed by atoms with E-state index in [9.17, 15) is 4.79 Å². The van der Waals surface area contributed by atoms with E-state index in [0.29, 0.717) is 24.5 Å². The molecule has 3 atom stereocenters. The van der Waals surface area contributed by atoms with E-state index in [1.807, 2.05) is 0 Å². The van der Waals surface area contributed by atoms with Crippen molar-refractivity contribution >= 4 is 5.91 Å². The Morgan fingerprint density at radius 2 is 2.04 bits per heavy atom. The van der Waals surface area contributed by atoms with Gasteiger partial charge in [0, 0.05) is 5.92 Å². The van der Waals surface area contributed by atoms with E-state index < -0.39 is 0 Å². The van der Waals surface area contributed by atoms with Gasteiger partial charge in [0.1, 0.15) is 6.10 Å². The van der Waals surface area contributed by atoms with Crippen LogP contribution in [0.2, 0.25) is 0 Å². The van der Waals surface area contributed by atoms with Gasteiger partial charge in [0.25, 0.3) is 0 Å². The Kier molecular flexibility index (Phi) is 4.13. The molecule has 130 valence electrons. The van der Waals surface area contributed by atoms with Gasteiger partial charge in [0.05, 0.1) is 19.2 Å². The van der Waals surface area contributed by atoms with E-state index in [1.54, 1.807) is 0 Å². The quantitative estimate of drug-likeness (QED) is 0.907. The predicted octanol–water partition coefficient (Wildman–Crippen LogP) is 2.67. The number of rotatable bonds is 2. The molecule has 24 heavy (non-hydrogen) atoms. The largest absolute Gasteiger partial charge is 0.370 e. The van der Waals surface area contributed by atoms with Gasteiger partial charge in [-0.1, -0.05) is 24.3 Å². The molecule has 4 heteroatoms. The first-order valence-electron chi connectivity index (χ1n) is 9.29. The van der Waals surface area contributed by atoms with Crippen LogP contribution >= 0.6 is 0 Å². The van der Waals surface area contributed by atoms with Gasteiger partial charge >= 0.3 is 0 Å². The zero-order chi connectivity index (χ0) is 16.7. The van der Waals surface area contributed by atoms with Crippen LogP contribution < -0.4 is 5.32 Å². The van der Waals surface area contributed by atoms with Crippen molar-refractivity contribution in [3.8, 4) is 0 Å². The average Bonchev–Trinajstić information content (AvgIpc) is 3.29. The second-order valence-corrected chi connectivity index (χ2v) is 7.89. The van der Waals surface area contributed by atoms with Crippen LogP contribution in [0.3, 0.4) is 0 Å². The van der Waals surface area contributed by atoms with Crippen LogP contribution in [-0.2, 0) is 9.53 Å². The van der Waals surface area contributed by atoms with Crippen molar-refractivity contribution in [1.29, 1.82) is 0 Å². The van der Waals surface area contributed by atoms with Crippen LogP contribution in [0.15, 0.2) is 24.3 Å². The Morgan fingerprint density at radius 3 is 2.79 bits per heavy atom. The third-order valence-corrected chi connectivity index (χ3v) is 6.34. The summed E-state index contributed by atoms with van der Waals surface area (Å²) in [6.07, 6.45) is 3.41. The number of ether oxygens (including phenoxy) is 1. The summed E-state index contributed by atoms with van der Waals surface area (Å²) in [5.74, 6) is 0.615. The fourth-order valence-electron chi connectivity index (χ4n) is 4.57. The lowest BCUT2D eigenvalue weighted by Gasteiger charge is -2.39. The molecule has 2 aliphatic heterocycles. The first-order valence-corrected chi connectivity index (χ1v) is 9.29. The molecule has 0 radical (unpaired) electrons. The highest BCUT2D eigenvalue weighted by molar-refractivity contribution is 5.83. The summed E-state index contributed by atoms with van der Waals surface area (Å²) in [5.41, 5.74) is 2.76. The summed E-state index contributed by atoms with van der Waals surface area (Å²) in [6.45, 7) is 7.68. The minimum atomic E-state index is 0.00840. The summed E-state index contributed by atoms with van der Waals surface area (Å²) in [5, 5.41) is 3.42. The van der Waals surface area contributed by atoms with Crippen molar-refractivity contribution in [1.82, 2.24) is 10.2 Å². The minimum Gasteiger partial charge on any atom is -0.370 e. The summed E-state index contributed by atoms with van der Waals surface area (Å²) >= 11 is 0. The summed E-state index contributed by atoms with van der Waals surface area (Å²) < 4.78 is 6.07. The number of amides is 1. The number of hydrogen-bond donors (Lipinski definition) is 1. The molecule has 3 aliphatic rings. The molecule has 0 bridgehead atoms. The molecule has 1 amide bonds. The SMILES string of the molecule is Cc1ccccc1[C@@H]1CN(C(=O)[C@H]2CC23CCNCC3)[C@H](C)CO1. The Balaban J connectivity index is 1.48. The molecule has 1 saturated carbocycles. The first-order chi connectivity index (χ1) is 11.6. The van der Waals surface area contributed by atoms with Crippen LogP contribution in [0.25, 0.3) is 0 Å². The normalized spacial score (nSPS) is 31.9. The van der Waals surface area contributed by atoms with Crippen molar-refractivity contribution in [2.45, 2.75) is 45.3 Å². The smallest absolute Gasteiger partial charge is 0.226 e. The van der Waals surface area contributed by atoms with Crippen molar-refractivity contribution in [2.24, 2.45) is 11.3 Å². The van der Waals surface area contributed by atoms with Crippen LogP contribution in [0.4, 0.5) is 0 Å². The maximum absolute atomic E-state index is 13.2. The Labute approximate surface area is 144 Å². The van der Waals surface area contributed by atoms with Crippen LogP contribution in [0, 0.1) is 18.3 Å². The van der Waals surface area contributed by atoms with Crippen molar-refractivity contribution < 1.29 is 9.53 Å². The average molecular weight is 328 g/mol. The highest BCUT2D eigenvalue weighted by atomic mass is 16.5. The van der Waals surface area contributed by atoms with Crippen molar-refractivity contribution in [3.05, 3.63) is 35.4 Å². The third kappa shape index (κ3) is 2.76. The molecule has 1 N–H and O–H groups in total. The lowest BCUT2D eigenvalue weighted by Crippen LogP contribution is -2.49. The topological polar surface area (TPSA) is 41.6 Å². The number of aryl methyl sites for hydroxylation is 1. The maximum atomic E-state index is 13.2. The zero-order valence-corrected chi connectivity index (χ0v) is 14.8. The van der Waals surface area contributed by atoms with Gasteiger partial charge in [0.15, 0.2) is 0 Å². The second-order valence-electron chi connectivity index (χ2n) is 7.89. The number of carbonyl (C=O) groups excluding carboxylic acids is 1. The lowest BCUT2D eigenvalue weighted by atomic mass is 9.91. The number of benzene rings is 1. The molecule has 1 aromatic rings. The number of nitrogens with one attached hydrogen (secondary N) is 1. The van der Waals surface area contributed by atoms with E-state index >= 15 is 0 Å². The number of hydrogen-bond acceptors (Lipinski definition) is 3. The summed E-state index contributed by atoms with van der Waals surface area (Å²) in [7, 11) is 0. The maximum Gasteiger partial charge on any atom is 0.226 e. The molecular weight excluding hydrogens is 300 g/mol. The number of carbonyl (C=O) groups is 1. The van der Waals surface area contributed by atoms with E-state index in [4.69, 9.17) is 4.74 Å². The molecule has 1 aromatic carbocycles. The number of morpholine rings is 1. The fraction of sp³-hybridized carbons (Fsp3) is 0.650. The van der Waals surface area contributed by atoms with Crippen LogP contribution in [0.1, 0.15) is 43.4 Å². The Bertz CT molecular complexity index is 624. The van der Waals surface area contributed by atoms with Gasteiger partial charge in [0.2, 0.25) is 5.91 Å². The van der Waals surface area contributed by atoms with Crippen LogP contribution in [0.5, 0.6) is 0 Å². The van der Waals surface area contributed by atoms with E-state index in [1.165, 1.54) is 11.1 Å². The fourth-order valence-corrected chi connectivity index (χ4v) is 4.57. The molecule has 2 saturated heterocycles. The molecule has 4 nitrogen and oxygen atoms in total. The van der Waals surface area contributed by atoms with Gasteiger partial charge in [-0.3, -0.25) is 4.79 Å². The van der Waals surface area contributed by atoms with Crippen LogP contribution in [-0.4, -0.2) is 43.1 Å². The van der Waals surface area contributed by atoms with Crippen molar-refractivity contribution in [2.75, 3.05) is 26.2 Å². The first kappa shape index (κ1) is 16.1. The standard InChI is InChI=1S/C20H28N2O2/c1-14-5-3-4-6-16(14)18-12-22(15(2)13-24-18)19(23)17-11-20(17)7-9-21-10-8-20/h3-6,15,17-18,21H,7-13H2,1-2H3/t15-,17-,18+/m1/s1. The monoisotopic (exact) mass is 328 g/mol. The highest BCUT2D eigenvalue weighted by Crippen LogP contribution is 2.59. The predicted molar refractivity (Wildman–Crippen MR) is 93.7 cm³/mol. The van der Waals surface area contributed by atoms with Crippen molar-refractivity contribution in [3.63, 3.8) is 0 Å². The molecule has 4 rings (SSSR count). The Morgan fingerprint density at radius 1 is 1.29 bits per heavy atom. The van der Waals surface area contributed by atoms with Gasteiger partial charge < -0.3 is 15.0 Å². The number of piperidine rings is 1. The molecule has 1 aliphatic carbocycles. The van der Waals surface area contributed by atoms with E-state index in [-0.39, 0.29) is 18.1 Å². The second kappa shape index (κ2) is 6.16. The Hall–Kier alpha value is -1.39. The minimum absolute atomic E-state index is 0.00840. The van der Waals surface area contributed by atoms with Gasteiger partial charge in [-0.2, -0.15) is 0 Å². The molecule has 0 aromatic heterocycles. The number of nitrogens with zero attached hydrogens (tertiary/aromatic N) is 1. The van der Waals surface area contributed by atoms with Gasteiger partial charge in [-0.25, -0.2) is 0 Å². The molecular formula is C20H28N2O2. The molecule has 1 spiro atoms. The molecule has 0 unspecified atom stereocenters. The lowest BCUT2D eigenvalue weighted by molar-refractivity contribution is -0.147. The highest BCUT2D eigenvalue weighted by Gasteiger charge is 2.59. The van der Waals surface area contributed by atoms with E-state index in [0.717, 1.165) is 32.4 Å². The van der Waals surface area contributed by atoms with Gasteiger partial charge in [-0.15, -0.1) is 0 Å². The summed E-state index contributed by atoms with van der Waals surface area (Å²) in [6, 6.07) is 8.54. The summed E-state index contributed by atoms with van der Waals surface area (Å²) in [4.78, 5) is 15.3.